The van der Waals surface area contributed by atoms with Crippen LogP contribution in [0.15, 0.2) is 57.9 Å². The highest BCUT2D eigenvalue weighted by Crippen LogP contribution is 2.31. The van der Waals surface area contributed by atoms with Crippen LogP contribution < -0.4 is 5.32 Å². The average Bonchev–Trinajstić information content (AvgIpc) is 3.03. The van der Waals surface area contributed by atoms with Gasteiger partial charge in [-0.25, -0.2) is 0 Å². The van der Waals surface area contributed by atoms with E-state index in [0.29, 0.717) is 21.8 Å². The third kappa shape index (κ3) is 5.15. The maximum absolute atomic E-state index is 12.3. The zero-order valence-electron chi connectivity index (χ0n) is 12.2. The number of nitrogens with one attached hydrogen (secondary N) is 1. The van der Waals surface area contributed by atoms with Crippen LogP contribution in [0.4, 0.5) is 19.6 Å². The van der Waals surface area contributed by atoms with Gasteiger partial charge in [0.1, 0.15) is 0 Å². The van der Waals surface area contributed by atoms with Gasteiger partial charge in [0.2, 0.25) is 5.13 Å². The molecule has 0 fully saturated rings. The molecule has 0 saturated carbocycles. The molecule has 0 atom stereocenters. The summed E-state index contributed by atoms with van der Waals surface area (Å²) in [6.07, 6.45) is 1.76. The molecule has 4 nitrogen and oxygen atoms in total. The van der Waals surface area contributed by atoms with E-state index in [4.69, 9.17) is 0 Å². The standard InChI is InChI=1S/C15H12F2N4S3/c16-13(17)23-12-6-4-10(5-7-12)19-14-20-21-15(24-14)22-9-11-3-1-2-8-18-11/h1-8,13H,9H2,(H,19,20). The summed E-state index contributed by atoms with van der Waals surface area (Å²) in [4.78, 5) is 4.79. The Morgan fingerprint density at radius 1 is 1.08 bits per heavy atom. The van der Waals surface area contributed by atoms with Crippen LogP contribution >= 0.6 is 34.9 Å². The van der Waals surface area contributed by atoms with Gasteiger partial charge in [0.05, 0.1) is 5.69 Å². The van der Waals surface area contributed by atoms with Gasteiger partial charge in [-0.15, -0.1) is 10.2 Å². The molecule has 0 aliphatic heterocycles. The zero-order valence-corrected chi connectivity index (χ0v) is 14.7. The van der Waals surface area contributed by atoms with Gasteiger partial charge in [-0.05, 0) is 36.4 Å². The normalized spacial score (nSPS) is 11.0. The predicted octanol–water partition coefficient (Wildman–Crippen LogP) is 5.28. The van der Waals surface area contributed by atoms with Gasteiger partial charge in [0.25, 0.3) is 5.76 Å². The quantitative estimate of drug-likeness (QED) is 0.561. The lowest BCUT2D eigenvalue weighted by atomic mass is 10.3. The second-order valence-electron chi connectivity index (χ2n) is 4.51. The minimum absolute atomic E-state index is 0.526. The van der Waals surface area contributed by atoms with Gasteiger partial charge in [-0.3, -0.25) is 4.98 Å². The van der Waals surface area contributed by atoms with Crippen molar-refractivity contribution in [1.29, 1.82) is 0 Å². The molecule has 24 heavy (non-hydrogen) atoms. The van der Waals surface area contributed by atoms with Crippen molar-refractivity contribution in [2.45, 2.75) is 20.7 Å². The number of pyridine rings is 1. The monoisotopic (exact) mass is 382 g/mol. The number of hydrogen-bond donors (Lipinski definition) is 1. The number of halogens is 2. The molecule has 0 saturated heterocycles. The fourth-order valence-electron chi connectivity index (χ4n) is 1.78. The van der Waals surface area contributed by atoms with Crippen LogP contribution in [-0.2, 0) is 5.75 Å². The number of rotatable bonds is 7. The summed E-state index contributed by atoms with van der Waals surface area (Å²) < 4.78 is 25.4. The highest BCUT2D eigenvalue weighted by atomic mass is 32.2. The van der Waals surface area contributed by atoms with Crippen LogP contribution in [0, 0.1) is 0 Å². The van der Waals surface area contributed by atoms with Crippen molar-refractivity contribution in [3.8, 4) is 0 Å². The van der Waals surface area contributed by atoms with Crippen LogP contribution in [0.25, 0.3) is 0 Å². The van der Waals surface area contributed by atoms with E-state index >= 15 is 0 Å². The molecule has 0 unspecified atom stereocenters. The van der Waals surface area contributed by atoms with E-state index in [9.17, 15) is 8.78 Å². The zero-order chi connectivity index (χ0) is 16.8. The molecule has 0 bridgehead atoms. The van der Waals surface area contributed by atoms with E-state index in [0.717, 1.165) is 21.5 Å². The maximum atomic E-state index is 12.3. The Morgan fingerprint density at radius 2 is 1.92 bits per heavy atom. The van der Waals surface area contributed by atoms with E-state index in [2.05, 4.69) is 20.5 Å². The highest BCUT2D eigenvalue weighted by Gasteiger charge is 2.07. The SMILES string of the molecule is FC(F)Sc1ccc(Nc2nnc(SCc3ccccn3)s2)cc1. The third-order valence-electron chi connectivity index (χ3n) is 2.81. The molecule has 1 N–H and O–H groups in total. The Labute approximate surface area is 150 Å². The summed E-state index contributed by atoms with van der Waals surface area (Å²) in [5.74, 6) is -1.68. The van der Waals surface area contributed by atoms with E-state index in [-0.39, 0.29) is 0 Å². The number of nitrogens with zero attached hydrogens (tertiary/aromatic N) is 3. The second-order valence-corrected chi connectivity index (χ2v) is 7.77. The van der Waals surface area contributed by atoms with Crippen LogP contribution in [0.5, 0.6) is 0 Å². The van der Waals surface area contributed by atoms with Gasteiger partial charge in [-0.1, -0.05) is 40.9 Å². The lowest BCUT2D eigenvalue weighted by Gasteiger charge is -2.03. The van der Waals surface area contributed by atoms with E-state index < -0.39 is 5.76 Å². The minimum Gasteiger partial charge on any atom is -0.330 e. The van der Waals surface area contributed by atoms with E-state index in [1.54, 1.807) is 42.2 Å². The summed E-state index contributed by atoms with van der Waals surface area (Å²) in [6.45, 7) is 0. The molecule has 0 amide bonds. The smallest absolute Gasteiger partial charge is 0.288 e. The molecule has 124 valence electrons. The summed E-state index contributed by atoms with van der Waals surface area (Å²) in [5.41, 5.74) is 1.77. The van der Waals surface area contributed by atoms with Gasteiger partial charge >= 0.3 is 0 Å². The number of benzene rings is 1. The molecule has 3 rings (SSSR count). The Balaban J connectivity index is 1.55. The molecule has 9 heteroatoms. The van der Waals surface area contributed by atoms with Crippen molar-refractivity contribution in [2.75, 3.05) is 5.32 Å². The highest BCUT2D eigenvalue weighted by molar-refractivity contribution is 8.00. The Bertz CT molecular complexity index is 766. The van der Waals surface area contributed by atoms with Crippen molar-refractivity contribution in [1.82, 2.24) is 15.2 Å². The summed E-state index contributed by atoms with van der Waals surface area (Å²) in [6, 6.07) is 12.6. The van der Waals surface area contributed by atoms with Crippen molar-refractivity contribution >= 4 is 45.7 Å². The van der Waals surface area contributed by atoms with Crippen molar-refractivity contribution in [3.05, 3.63) is 54.4 Å². The van der Waals surface area contributed by atoms with Gasteiger partial charge < -0.3 is 5.32 Å². The molecule has 0 aliphatic carbocycles. The first-order valence-electron chi connectivity index (χ1n) is 6.87. The topological polar surface area (TPSA) is 50.7 Å². The first-order chi connectivity index (χ1) is 11.7. The molecule has 0 radical (unpaired) electrons. The lowest BCUT2D eigenvalue weighted by molar-refractivity contribution is 0.252. The number of aromatic nitrogens is 3. The second kappa shape index (κ2) is 8.41. The number of alkyl halides is 2. The van der Waals surface area contributed by atoms with Crippen LogP contribution in [0.1, 0.15) is 5.69 Å². The third-order valence-corrected chi connectivity index (χ3v) is 5.53. The van der Waals surface area contributed by atoms with Gasteiger partial charge in [-0.2, -0.15) is 8.78 Å². The first-order valence-corrected chi connectivity index (χ1v) is 9.55. The van der Waals surface area contributed by atoms with Crippen LogP contribution in [-0.4, -0.2) is 20.9 Å². The first kappa shape index (κ1) is 17.1. The molecule has 0 spiro atoms. The minimum atomic E-state index is -2.41. The number of anilines is 2. The van der Waals surface area contributed by atoms with Crippen LogP contribution in [0.3, 0.4) is 0 Å². The lowest BCUT2D eigenvalue weighted by Crippen LogP contribution is -1.89. The average molecular weight is 382 g/mol. The van der Waals surface area contributed by atoms with Gasteiger partial charge in [0, 0.05) is 22.5 Å². The summed E-state index contributed by atoms with van der Waals surface area (Å²) in [5, 5.41) is 12.0. The van der Waals surface area contributed by atoms with Gasteiger partial charge in [0.15, 0.2) is 4.34 Å². The molecular weight excluding hydrogens is 370 g/mol. The Hall–Kier alpha value is -1.71. The fraction of sp³-hybridized carbons (Fsp3) is 0.133. The van der Waals surface area contributed by atoms with Crippen molar-refractivity contribution in [2.24, 2.45) is 0 Å². The largest absolute Gasteiger partial charge is 0.330 e. The Kier molecular flexibility index (Phi) is 6.00. The molecule has 3 aromatic rings. The molecule has 2 aromatic heterocycles. The van der Waals surface area contributed by atoms with Crippen LogP contribution in [0.2, 0.25) is 0 Å². The summed E-state index contributed by atoms with van der Waals surface area (Å²) >= 11 is 3.53. The number of thioether (sulfide) groups is 2. The van der Waals surface area contributed by atoms with E-state index in [1.807, 2.05) is 18.2 Å². The summed E-state index contributed by atoms with van der Waals surface area (Å²) in [7, 11) is 0. The maximum Gasteiger partial charge on any atom is 0.288 e. The van der Waals surface area contributed by atoms with Crippen molar-refractivity contribution < 1.29 is 8.78 Å². The molecule has 1 aromatic carbocycles. The van der Waals surface area contributed by atoms with E-state index in [1.165, 1.54) is 11.3 Å². The fourth-order valence-corrected chi connectivity index (χ4v) is 3.97. The van der Waals surface area contributed by atoms with Crippen molar-refractivity contribution in [3.63, 3.8) is 0 Å². The molecular formula is C15H12F2N4S3. The Morgan fingerprint density at radius 3 is 2.62 bits per heavy atom. The predicted molar refractivity (Wildman–Crippen MR) is 95.3 cm³/mol. The number of hydrogen-bond acceptors (Lipinski definition) is 7. The molecule has 2 heterocycles. The molecule has 0 aliphatic rings.